The molecule has 2 unspecified atom stereocenters. The van der Waals surface area contributed by atoms with Gasteiger partial charge in [0.1, 0.15) is 5.82 Å². The molecule has 2 rings (SSSR count). The van der Waals surface area contributed by atoms with Crippen LogP contribution in [0.25, 0.3) is 0 Å². The number of hydrogen-bond donors (Lipinski definition) is 2. The van der Waals surface area contributed by atoms with Gasteiger partial charge in [-0.1, -0.05) is 0 Å². The molecule has 1 aliphatic rings. The van der Waals surface area contributed by atoms with Crippen molar-refractivity contribution in [3.8, 4) is 0 Å². The Balaban J connectivity index is 1.95. The van der Waals surface area contributed by atoms with Gasteiger partial charge in [-0.2, -0.15) is 0 Å². The Bertz CT molecular complexity index is 371. The van der Waals surface area contributed by atoms with E-state index in [1.165, 1.54) is 0 Å². The minimum absolute atomic E-state index is 0.0607. The van der Waals surface area contributed by atoms with Gasteiger partial charge in [-0.25, -0.2) is 4.98 Å². The molecule has 1 aliphatic heterocycles. The van der Waals surface area contributed by atoms with E-state index in [1.807, 2.05) is 14.0 Å². The third-order valence-corrected chi connectivity index (χ3v) is 2.95. The molecule has 1 fully saturated rings. The van der Waals surface area contributed by atoms with Crippen molar-refractivity contribution in [2.75, 3.05) is 32.1 Å². The molecule has 2 atom stereocenters. The van der Waals surface area contributed by atoms with Crippen LogP contribution in [0.15, 0.2) is 12.4 Å². The third kappa shape index (κ3) is 3.38. The van der Waals surface area contributed by atoms with Gasteiger partial charge in [0, 0.05) is 26.7 Å². The summed E-state index contributed by atoms with van der Waals surface area (Å²) in [4.78, 5) is 10.8. The van der Waals surface area contributed by atoms with E-state index in [0.717, 1.165) is 31.1 Å². The summed E-state index contributed by atoms with van der Waals surface area (Å²) in [6, 6.07) is 0. The molecule has 100 valence electrons. The van der Waals surface area contributed by atoms with Gasteiger partial charge in [-0.05, 0) is 6.92 Å². The van der Waals surface area contributed by atoms with Crippen molar-refractivity contribution in [2.24, 2.45) is 0 Å². The zero-order chi connectivity index (χ0) is 13.0. The predicted octanol–water partition coefficient (Wildman–Crippen LogP) is 0.0999. The van der Waals surface area contributed by atoms with Gasteiger partial charge >= 0.3 is 0 Å². The molecule has 0 spiro atoms. The number of aromatic nitrogens is 2. The van der Waals surface area contributed by atoms with E-state index >= 15 is 0 Å². The van der Waals surface area contributed by atoms with Gasteiger partial charge in [0.2, 0.25) is 0 Å². The Labute approximate surface area is 107 Å². The lowest BCUT2D eigenvalue weighted by Crippen LogP contribution is -2.47. The summed E-state index contributed by atoms with van der Waals surface area (Å²) >= 11 is 0. The second-order valence-electron chi connectivity index (χ2n) is 4.59. The zero-order valence-electron chi connectivity index (χ0n) is 10.8. The number of aliphatic hydroxyl groups excluding tert-OH is 1. The maximum Gasteiger partial charge on any atom is 0.144 e. The maximum atomic E-state index is 9.17. The molecule has 1 saturated heterocycles. The number of aliphatic hydroxyl groups is 1. The van der Waals surface area contributed by atoms with Crippen LogP contribution in [0.5, 0.6) is 0 Å². The van der Waals surface area contributed by atoms with Crippen molar-refractivity contribution >= 4 is 5.82 Å². The lowest BCUT2D eigenvalue weighted by molar-refractivity contribution is -0.0975. The second-order valence-corrected chi connectivity index (χ2v) is 4.59. The number of nitrogens with zero attached hydrogens (tertiary/aromatic N) is 3. The predicted molar refractivity (Wildman–Crippen MR) is 68.3 cm³/mol. The van der Waals surface area contributed by atoms with Crippen molar-refractivity contribution in [1.82, 2.24) is 14.9 Å². The first kappa shape index (κ1) is 13.2. The SMILES string of the molecule is CNc1cnc(CN2CC(C)OC(CO)C2)cn1. The van der Waals surface area contributed by atoms with E-state index in [2.05, 4.69) is 20.2 Å². The average molecular weight is 252 g/mol. The molecule has 2 N–H and O–H groups in total. The Kier molecular flexibility index (Phi) is 4.46. The number of rotatable bonds is 4. The molecule has 18 heavy (non-hydrogen) atoms. The summed E-state index contributed by atoms with van der Waals surface area (Å²) in [5, 5.41) is 12.1. The van der Waals surface area contributed by atoms with Gasteiger partial charge in [-0.3, -0.25) is 9.88 Å². The highest BCUT2D eigenvalue weighted by molar-refractivity contribution is 5.29. The summed E-state index contributed by atoms with van der Waals surface area (Å²) in [6.45, 7) is 4.40. The minimum Gasteiger partial charge on any atom is -0.394 e. The van der Waals surface area contributed by atoms with Crippen LogP contribution in [0, 0.1) is 0 Å². The van der Waals surface area contributed by atoms with Gasteiger partial charge in [0.05, 0.1) is 36.9 Å². The van der Waals surface area contributed by atoms with E-state index in [4.69, 9.17) is 4.74 Å². The second kappa shape index (κ2) is 6.08. The molecular weight excluding hydrogens is 232 g/mol. The molecule has 2 heterocycles. The van der Waals surface area contributed by atoms with E-state index in [1.54, 1.807) is 12.4 Å². The molecular formula is C12H20N4O2. The van der Waals surface area contributed by atoms with Crippen LogP contribution in [0.2, 0.25) is 0 Å². The highest BCUT2D eigenvalue weighted by Crippen LogP contribution is 2.13. The van der Waals surface area contributed by atoms with Crippen LogP contribution in [0.1, 0.15) is 12.6 Å². The molecule has 1 aromatic heterocycles. The maximum absolute atomic E-state index is 9.17. The topological polar surface area (TPSA) is 70.5 Å². The number of ether oxygens (including phenoxy) is 1. The van der Waals surface area contributed by atoms with E-state index < -0.39 is 0 Å². The molecule has 6 heteroatoms. The van der Waals surface area contributed by atoms with Crippen LogP contribution in [0.3, 0.4) is 0 Å². The van der Waals surface area contributed by atoms with E-state index in [9.17, 15) is 5.11 Å². The summed E-state index contributed by atoms with van der Waals surface area (Å²) < 4.78 is 5.60. The monoisotopic (exact) mass is 252 g/mol. The quantitative estimate of drug-likeness (QED) is 0.792. The van der Waals surface area contributed by atoms with Crippen molar-refractivity contribution in [1.29, 1.82) is 0 Å². The first-order chi connectivity index (χ1) is 8.71. The summed E-state index contributed by atoms with van der Waals surface area (Å²) in [6.07, 6.45) is 3.54. The Morgan fingerprint density at radius 1 is 1.44 bits per heavy atom. The molecule has 0 amide bonds. The van der Waals surface area contributed by atoms with Crippen LogP contribution in [0.4, 0.5) is 5.82 Å². The van der Waals surface area contributed by atoms with Gasteiger partial charge in [0.25, 0.3) is 0 Å². The first-order valence-electron chi connectivity index (χ1n) is 6.18. The molecule has 0 saturated carbocycles. The lowest BCUT2D eigenvalue weighted by atomic mass is 10.2. The summed E-state index contributed by atoms with van der Waals surface area (Å²) in [5.74, 6) is 0.766. The zero-order valence-corrected chi connectivity index (χ0v) is 10.8. The number of morpholine rings is 1. The van der Waals surface area contributed by atoms with Gasteiger partial charge < -0.3 is 15.2 Å². The molecule has 6 nitrogen and oxygen atoms in total. The lowest BCUT2D eigenvalue weighted by Gasteiger charge is -2.35. The van der Waals surface area contributed by atoms with Crippen molar-refractivity contribution in [2.45, 2.75) is 25.7 Å². The standard InChI is InChI=1S/C12H20N4O2/c1-9-5-16(7-11(8-17)18-9)6-10-3-15-12(13-2)4-14-10/h3-4,9,11,17H,5-8H2,1-2H3,(H,13,15). The summed E-state index contributed by atoms with van der Waals surface area (Å²) in [5.41, 5.74) is 0.930. The van der Waals surface area contributed by atoms with Crippen LogP contribution in [-0.2, 0) is 11.3 Å². The minimum atomic E-state index is -0.0988. The van der Waals surface area contributed by atoms with Crippen molar-refractivity contribution in [3.05, 3.63) is 18.1 Å². The van der Waals surface area contributed by atoms with Crippen LogP contribution >= 0.6 is 0 Å². The fourth-order valence-electron chi connectivity index (χ4n) is 2.17. The fourth-order valence-corrected chi connectivity index (χ4v) is 2.17. The largest absolute Gasteiger partial charge is 0.394 e. The number of nitrogens with one attached hydrogen (secondary N) is 1. The van der Waals surface area contributed by atoms with Gasteiger partial charge in [0.15, 0.2) is 0 Å². The molecule has 0 aliphatic carbocycles. The molecule has 0 aromatic carbocycles. The number of hydrogen-bond acceptors (Lipinski definition) is 6. The van der Waals surface area contributed by atoms with Crippen LogP contribution < -0.4 is 5.32 Å². The van der Waals surface area contributed by atoms with E-state index in [0.29, 0.717) is 0 Å². The summed E-state index contributed by atoms with van der Waals surface area (Å²) in [7, 11) is 1.82. The third-order valence-electron chi connectivity index (χ3n) is 2.95. The average Bonchev–Trinajstić information content (AvgIpc) is 2.39. The molecule has 0 bridgehead atoms. The molecule has 0 radical (unpaired) electrons. The Morgan fingerprint density at radius 2 is 2.28 bits per heavy atom. The normalized spacial score (nSPS) is 25.1. The van der Waals surface area contributed by atoms with E-state index in [-0.39, 0.29) is 18.8 Å². The Hall–Kier alpha value is -1.24. The van der Waals surface area contributed by atoms with Crippen molar-refractivity contribution < 1.29 is 9.84 Å². The van der Waals surface area contributed by atoms with Crippen molar-refractivity contribution in [3.63, 3.8) is 0 Å². The fraction of sp³-hybridized carbons (Fsp3) is 0.667. The van der Waals surface area contributed by atoms with Crippen LogP contribution in [-0.4, -0.2) is 58.9 Å². The number of anilines is 1. The smallest absolute Gasteiger partial charge is 0.144 e. The Morgan fingerprint density at radius 3 is 2.89 bits per heavy atom. The first-order valence-corrected chi connectivity index (χ1v) is 6.18. The highest BCUT2D eigenvalue weighted by atomic mass is 16.5. The molecule has 1 aromatic rings. The van der Waals surface area contributed by atoms with Gasteiger partial charge in [-0.15, -0.1) is 0 Å². The highest BCUT2D eigenvalue weighted by Gasteiger charge is 2.24.